The summed E-state index contributed by atoms with van der Waals surface area (Å²) in [5, 5.41) is 8.66. The number of ether oxygens (including phenoxy) is 2. The van der Waals surface area contributed by atoms with E-state index in [1.165, 1.54) is 18.9 Å². The number of carboxylic acid groups (broad SMARTS) is 1. The zero-order valence-electron chi connectivity index (χ0n) is 10.3. The predicted octanol–water partition coefficient (Wildman–Crippen LogP) is 2.58. The molecule has 1 aliphatic carbocycles. The first-order valence-corrected chi connectivity index (χ1v) is 5.91. The van der Waals surface area contributed by atoms with Gasteiger partial charge in [0.1, 0.15) is 11.5 Å². The molecule has 0 saturated heterocycles. The summed E-state index contributed by atoms with van der Waals surface area (Å²) >= 11 is 0. The van der Waals surface area contributed by atoms with Crippen molar-refractivity contribution in [2.45, 2.75) is 12.8 Å². The summed E-state index contributed by atoms with van der Waals surface area (Å²) in [6.45, 7) is 0.695. The lowest BCUT2D eigenvalue weighted by Crippen LogP contribution is -2.00. The number of carboxylic acids is 1. The Hall–Kier alpha value is -1.97. The zero-order chi connectivity index (χ0) is 13.0. The predicted molar refractivity (Wildman–Crippen MR) is 67.9 cm³/mol. The fourth-order valence-electron chi connectivity index (χ4n) is 1.57. The maximum atomic E-state index is 10.6. The fraction of sp³-hybridized carbons (Fsp3) is 0.357. The van der Waals surface area contributed by atoms with Crippen molar-refractivity contribution < 1.29 is 19.4 Å². The summed E-state index contributed by atoms with van der Waals surface area (Å²) < 4.78 is 10.8. The Bertz CT molecular complexity index is 461. The monoisotopic (exact) mass is 248 g/mol. The van der Waals surface area contributed by atoms with Crippen molar-refractivity contribution in [2.75, 3.05) is 13.7 Å². The molecule has 4 heteroatoms. The van der Waals surface area contributed by atoms with Gasteiger partial charge in [0, 0.05) is 11.6 Å². The van der Waals surface area contributed by atoms with Crippen molar-refractivity contribution in [2.24, 2.45) is 5.92 Å². The average Bonchev–Trinajstić information content (AvgIpc) is 3.18. The van der Waals surface area contributed by atoms with Crippen molar-refractivity contribution in [1.29, 1.82) is 0 Å². The van der Waals surface area contributed by atoms with Crippen LogP contribution in [-0.4, -0.2) is 24.8 Å². The van der Waals surface area contributed by atoms with Crippen LogP contribution in [0.5, 0.6) is 11.5 Å². The van der Waals surface area contributed by atoms with Crippen molar-refractivity contribution in [3.63, 3.8) is 0 Å². The number of carbonyl (C=O) groups is 1. The molecule has 0 amide bonds. The summed E-state index contributed by atoms with van der Waals surface area (Å²) in [4.78, 5) is 10.6. The summed E-state index contributed by atoms with van der Waals surface area (Å²) in [5.74, 6) is 1.05. The van der Waals surface area contributed by atoms with Crippen LogP contribution < -0.4 is 9.47 Å². The number of benzene rings is 1. The molecule has 0 aromatic heterocycles. The number of rotatable bonds is 6. The van der Waals surface area contributed by atoms with E-state index in [0.29, 0.717) is 24.0 Å². The minimum absolute atomic E-state index is 0.656. The molecule has 1 aromatic rings. The molecule has 0 heterocycles. The quantitative estimate of drug-likeness (QED) is 0.786. The zero-order valence-corrected chi connectivity index (χ0v) is 10.3. The lowest BCUT2D eigenvalue weighted by atomic mass is 10.1. The van der Waals surface area contributed by atoms with Gasteiger partial charge >= 0.3 is 5.97 Å². The van der Waals surface area contributed by atoms with E-state index in [1.54, 1.807) is 19.2 Å². The SMILES string of the molecule is COc1ccc(OCC2CC2)c(/C=C/C(=O)O)c1. The third-order valence-electron chi connectivity index (χ3n) is 2.79. The molecule has 0 atom stereocenters. The van der Waals surface area contributed by atoms with E-state index < -0.39 is 5.97 Å². The van der Waals surface area contributed by atoms with Crippen molar-refractivity contribution >= 4 is 12.0 Å². The maximum absolute atomic E-state index is 10.6. The molecule has 1 aromatic carbocycles. The van der Waals surface area contributed by atoms with Crippen LogP contribution in [-0.2, 0) is 4.79 Å². The lowest BCUT2D eigenvalue weighted by Gasteiger charge is -2.10. The minimum atomic E-state index is -0.981. The second-order valence-corrected chi connectivity index (χ2v) is 4.33. The van der Waals surface area contributed by atoms with E-state index in [9.17, 15) is 4.79 Å². The van der Waals surface area contributed by atoms with Crippen LogP contribution in [0, 0.1) is 5.92 Å². The summed E-state index contributed by atoms with van der Waals surface area (Å²) in [5.41, 5.74) is 0.720. The molecule has 1 saturated carbocycles. The van der Waals surface area contributed by atoms with Crippen molar-refractivity contribution in [3.05, 3.63) is 29.8 Å². The number of methoxy groups -OCH3 is 1. The van der Waals surface area contributed by atoms with E-state index in [0.717, 1.165) is 11.6 Å². The molecule has 0 spiro atoms. The molecule has 2 rings (SSSR count). The third-order valence-corrected chi connectivity index (χ3v) is 2.79. The van der Waals surface area contributed by atoms with Gasteiger partial charge in [-0.15, -0.1) is 0 Å². The molecule has 96 valence electrons. The summed E-state index contributed by atoms with van der Waals surface area (Å²) in [7, 11) is 1.57. The van der Waals surface area contributed by atoms with Crippen molar-refractivity contribution in [1.82, 2.24) is 0 Å². The smallest absolute Gasteiger partial charge is 0.328 e. The van der Waals surface area contributed by atoms with E-state index in [-0.39, 0.29) is 0 Å². The highest BCUT2D eigenvalue weighted by Crippen LogP contribution is 2.31. The van der Waals surface area contributed by atoms with Gasteiger partial charge in [0.05, 0.1) is 13.7 Å². The van der Waals surface area contributed by atoms with Gasteiger partial charge in [0.25, 0.3) is 0 Å². The molecule has 1 fully saturated rings. The molecule has 0 unspecified atom stereocenters. The molecule has 18 heavy (non-hydrogen) atoms. The van der Waals surface area contributed by atoms with E-state index in [2.05, 4.69) is 0 Å². The number of hydrogen-bond acceptors (Lipinski definition) is 3. The molecule has 0 bridgehead atoms. The normalized spacial score (nSPS) is 14.7. The van der Waals surface area contributed by atoms with Crippen LogP contribution in [0.15, 0.2) is 24.3 Å². The van der Waals surface area contributed by atoms with Gasteiger partial charge in [-0.25, -0.2) is 4.79 Å². The summed E-state index contributed by atoms with van der Waals surface area (Å²) in [6, 6.07) is 5.38. The first-order chi connectivity index (χ1) is 8.69. The van der Waals surface area contributed by atoms with Gasteiger partial charge in [-0.05, 0) is 43.0 Å². The standard InChI is InChI=1S/C14H16O4/c1-17-12-5-6-13(18-9-10-2-3-10)11(8-12)4-7-14(15)16/h4-8,10H,2-3,9H2,1H3,(H,15,16)/b7-4+. The highest BCUT2D eigenvalue weighted by molar-refractivity contribution is 5.86. The Labute approximate surface area is 106 Å². The number of aliphatic carboxylic acids is 1. The highest BCUT2D eigenvalue weighted by Gasteiger charge is 2.22. The van der Waals surface area contributed by atoms with Crippen LogP contribution in [0.4, 0.5) is 0 Å². The van der Waals surface area contributed by atoms with Crippen LogP contribution in [0.1, 0.15) is 18.4 Å². The Morgan fingerprint density at radius 3 is 2.89 bits per heavy atom. The largest absolute Gasteiger partial charge is 0.497 e. The molecule has 0 radical (unpaired) electrons. The molecular weight excluding hydrogens is 232 g/mol. The van der Waals surface area contributed by atoms with Gasteiger partial charge in [-0.2, -0.15) is 0 Å². The van der Waals surface area contributed by atoms with Crippen LogP contribution in [0.2, 0.25) is 0 Å². The Kier molecular flexibility index (Phi) is 3.87. The van der Waals surface area contributed by atoms with Crippen LogP contribution >= 0.6 is 0 Å². The van der Waals surface area contributed by atoms with Crippen molar-refractivity contribution in [3.8, 4) is 11.5 Å². The molecule has 1 N–H and O–H groups in total. The van der Waals surface area contributed by atoms with E-state index in [1.807, 2.05) is 6.07 Å². The van der Waals surface area contributed by atoms with Gasteiger partial charge < -0.3 is 14.6 Å². The second-order valence-electron chi connectivity index (χ2n) is 4.33. The fourth-order valence-corrected chi connectivity index (χ4v) is 1.57. The topological polar surface area (TPSA) is 55.8 Å². The maximum Gasteiger partial charge on any atom is 0.328 e. The van der Waals surface area contributed by atoms with Gasteiger partial charge in [-0.1, -0.05) is 0 Å². The van der Waals surface area contributed by atoms with Crippen LogP contribution in [0.3, 0.4) is 0 Å². The van der Waals surface area contributed by atoms with E-state index >= 15 is 0 Å². The van der Waals surface area contributed by atoms with Gasteiger partial charge in [-0.3, -0.25) is 0 Å². The Balaban J connectivity index is 2.16. The Morgan fingerprint density at radius 1 is 1.50 bits per heavy atom. The van der Waals surface area contributed by atoms with Crippen LogP contribution in [0.25, 0.3) is 6.08 Å². The average molecular weight is 248 g/mol. The first-order valence-electron chi connectivity index (χ1n) is 5.91. The molecular formula is C14H16O4. The minimum Gasteiger partial charge on any atom is -0.497 e. The van der Waals surface area contributed by atoms with E-state index in [4.69, 9.17) is 14.6 Å². The Morgan fingerprint density at radius 2 is 2.28 bits per heavy atom. The first kappa shape index (κ1) is 12.5. The molecule has 4 nitrogen and oxygen atoms in total. The van der Waals surface area contributed by atoms with Gasteiger partial charge in [0.15, 0.2) is 0 Å². The molecule has 0 aliphatic heterocycles. The third kappa shape index (κ3) is 3.52. The highest BCUT2D eigenvalue weighted by atomic mass is 16.5. The molecule has 1 aliphatic rings. The second kappa shape index (κ2) is 5.58. The summed E-state index contributed by atoms with van der Waals surface area (Å²) in [6.07, 6.45) is 5.05. The lowest BCUT2D eigenvalue weighted by molar-refractivity contribution is -0.131. The number of hydrogen-bond donors (Lipinski definition) is 1. The van der Waals surface area contributed by atoms with Gasteiger partial charge in [0.2, 0.25) is 0 Å².